The molecule has 2 unspecified atom stereocenters. The molecule has 1 saturated heterocycles. The average Bonchev–Trinajstić information content (AvgIpc) is 2.32. The van der Waals surface area contributed by atoms with Crippen molar-refractivity contribution in [3.63, 3.8) is 0 Å². The van der Waals surface area contributed by atoms with Crippen LogP contribution < -0.4 is 11.1 Å². The van der Waals surface area contributed by atoms with Gasteiger partial charge in [-0.05, 0) is 39.9 Å². The van der Waals surface area contributed by atoms with Crippen LogP contribution in [0.4, 0.5) is 0 Å². The Morgan fingerprint density at radius 2 is 2.24 bits per heavy atom. The first kappa shape index (κ1) is 12.3. The molecular weight excluding hydrogens is 212 g/mol. The molecule has 0 aromatic heterocycles. The molecule has 0 spiro atoms. The van der Waals surface area contributed by atoms with Crippen LogP contribution in [-0.2, 0) is 0 Å². The third kappa shape index (κ3) is 2.75. The maximum Gasteiger partial charge on any atom is 0.0709 e. The lowest BCUT2D eigenvalue weighted by atomic mass is 10.0. The van der Waals surface area contributed by atoms with Gasteiger partial charge in [0.25, 0.3) is 0 Å². The second-order valence-corrected chi connectivity index (χ2v) is 5.31. The Labute approximate surface area is 104 Å². The number of piperidine rings is 1. The van der Waals surface area contributed by atoms with Crippen LogP contribution in [0.25, 0.3) is 0 Å². The molecule has 0 aliphatic carbocycles. The minimum Gasteiger partial charge on any atom is -0.396 e. The van der Waals surface area contributed by atoms with E-state index in [1.165, 1.54) is 18.5 Å². The first-order valence-corrected chi connectivity index (χ1v) is 6.43. The zero-order chi connectivity index (χ0) is 12.4. The van der Waals surface area contributed by atoms with Crippen LogP contribution in [0.5, 0.6) is 0 Å². The van der Waals surface area contributed by atoms with Crippen molar-refractivity contribution < 1.29 is 0 Å². The first-order chi connectivity index (χ1) is 8.08. The molecule has 3 N–H and O–H groups in total. The summed E-state index contributed by atoms with van der Waals surface area (Å²) in [6.07, 6.45) is 6.69. The molecular formula is C13H24N4. The molecule has 2 aliphatic rings. The molecule has 0 aromatic carbocycles. The van der Waals surface area contributed by atoms with Crippen LogP contribution >= 0.6 is 0 Å². The lowest BCUT2D eigenvalue weighted by Crippen LogP contribution is -2.46. The van der Waals surface area contributed by atoms with Gasteiger partial charge in [0.15, 0.2) is 0 Å². The van der Waals surface area contributed by atoms with Crippen molar-refractivity contribution in [3.05, 3.63) is 23.7 Å². The lowest BCUT2D eigenvalue weighted by molar-refractivity contribution is 0.161. The van der Waals surface area contributed by atoms with Crippen molar-refractivity contribution >= 4 is 0 Å². The van der Waals surface area contributed by atoms with Gasteiger partial charge in [-0.25, -0.2) is 0 Å². The van der Waals surface area contributed by atoms with Gasteiger partial charge in [0, 0.05) is 31.4 Å². The summed E-state index contributed by atoms with van der Waals surface area (Å²) in [5.41, 5.74) is 8.14. The van der Waals surface area contributed by atoms with Crippen LogP contribution in [0.1, 0.15) is 19.8 Å². The highest BCUT2D eigenvalue weighted by atomic mass is 15.2. The average molecular weight is 236 g/mol. The third-order valence-corrected chi connectivity index (χ3v) is 3.67. The predicted molar refractivity (Wildman–Crippen MR) is 71.2 cm³/mol. The molecule has 96 valence electrons. The van der Waals surface area contributed by atoms with Gasteiger partial charge < -0.3 is 20.9 Å². The minimum atomic E-state index is 0.372. The summed E-state index contributed by atoms with van der Waals surface area (Å²) in [6.45, 7) is 4.36. The van der Waals surface area contributed by atoms with Gasteiger partial charge in [0.05, 0.1) is 11.4 Å². The van der Waals surface area contributed by atoms with E-state index < -0.39 is 0 Å². The summed E-state index contributed by atoms with van der Waals surface area (Å²) in [6, 6.07) is 1.01. The van der Waals surface area contributed by atoms with E-state index in [2.05, 4.69) is 42.2 Å². The minimum absolute atomic E-state index is 0.372. The van der Waals surface area contributed by atoms with E-state index >= 15 is 0 Å². The van der Waals surface area contributed by atoms with Crippen LogP contribution in [0.3, 0.4) is 0 Å². The van der Waals surface area contributed by atoms with Crippen LogP contribution in [0.15, 0.2) is 23.7 Å². The summed E-state index contributed by atoms with van der Waals surface area (Å²) in [7, 11) is 4.32. The molecule has 0 bridgehead atoms. The third-order valence-electron chi connectivity index (χ3n) is 3.67. The van der Waals surface area contributed by atoms with E-state index in [4.69, 9.17) is 5.73 Å². The normalized spacial score (nSPS) is 29.8. The fourth-order valence-electron chi connectivity index (χ4n) is 2.56. The SMILES string of the molecule is CC1C=C(N2CCCC(N(C)C)C2)C(N)=CN1. The molecule has 0 amide bonds. The standard InChI is InChI=1S/C13H24N4/c1-10-7-13(12(14)8-15-10)17-6-4-5-11(9-17)16(2)3/h7-8,10-11,15H,4-6,9,14H2,1-3H3. The maximum atomic E-state index is 6.07. The number of dihydropyridines is 1. The molecule has 2 aliphatic heterocycles. The summed E-state index contributed by atoms with van der Waals surface area (Å²) >= 11 is 0. The zero-order valence-corrected chi connectivity index (χ0v) is 11.1. The molecule has 2 heterocycles. The fraction of sp³-hybridized carbons (Fsp3) is 0.692. The van der Waals surface area contributed by atoms with Crippen molar-refractivity contribution in [1.82, 2.24) is 15.1 Å². The summed E-state index contributed by atoms with van der Waals surface area (Å²) in [4.78, 5) is 4.74. The van der Waals surface area contributed by atoms with Gasteiger partial charge in [-0.1, -0.05) is 0 Å². The van der Waals surface area contributed by atoms with Gasteiger partial charge in [0.1, 0.15) is 0 Å². The number of likely N-dealkylation sites (tertiary alicyclic amines) is 1. The smallest absolute Gasteiger partial charge is 0.0709 e. The van der Waals surface area contributed by atoms with Crippen molar-refractivity contribution in [2.45, 2.75) is 31.8 Å². The lowest BCUT2D eigenvalue weighted by Gasteiger charge is -2.39. The van der Waals surface area contributed by atoms with E-state index in [1.54, 1.807) is 0 Å². The second-order valence-electron chi connectivity index (χ2n) is 5.31. The Balaban J connectivity index is 2.09. The van der Waals surface area contributed by atoms with Crippen molar-refractivity contribution in [3.8, 4) is 0 Å². The molecule has 2 rings (SSSR count). The monoisotopic (exact) mass is 236 g/mol. The Kier molecular flexibility index (Phi) is 3.62. The topological polar surface area (TPSA) is 44.5 Å². The number of nitrogens with two attached hydrogens (primary N) is 1. The van der Waals surface area contributed by atoms with Crippen LogP contribution in [0.2, 0.25) is 0 Å². The number of hydrogen-bond donors (Lipinski definition) is 2. The highest BCUT2D eigenvalue weighted by Crippen LogP contribution is 2.22. The van der Waals surface area contributed by atoms with Gasteiger partial charge in [-0.3, -0.25) is 0 Å². The van der Waals surface area contributed by atoms with Crippen molar-refractivity contribution in [1.29, 1.82) is 0 Å². The van der Waals surface area contributed by atoms with Crippen LogP contribution in [-0.4, -0.2) is 49.1 Å². The highest BCUT2D eigenvalue weighted by Gasteiger charge is 2.25. The molecule has 1 fully saturated rings. The Morgan fingerprint density at radius 1 is 1.47 bits per heavy atom. The fourth-order valence-corrected chi connectivity index (χ4v) is 2.56. The highest BCUT2D eigenvalue weighted by molar-refractivity contribution is 5.31. The summed E-state index contributed by atoms with van der Waals surface area (Å²) < 4.78 is 0. The number of nitrogens with zero attached hydrogens (tertiary/aromatic N) is 2. The number of likely N-dealkylation sites (N-methyl/N-ethyl adjacent to an activating group) is 1. The van der Waals surface area contributed by atoms with Crippen molar-refractivity contribution in [2.24, 2.45) is 5.73 Å². The first-order valence-electron chi connectivity index (χ1n) is 6.43. The molecule has 0 saturated carbocycles. The Hall–Kier alpha value is -1.16. The van der Waals surface area contributed by atoms with E-state index in [0.717, 1.165) is 18.8 Å². The quantitative estimate of drug-likeness (QED) is 0.740. The van der Waals surface area contributed by atoms with E-state index in [-0.39, 0.29) is 0 Å². The molecule has 0 aromatic rings. The predicted octanol–water partition coefficient (Wildman–Crippen LogP) is 0.688. The molecule has 17 heavy (non-hydrogen) atoms. The molecule has 2 atom stereocenters. The second kappa shape index (κ2) is 5.00. The largest absolute Gasteiger partial charge is 0.396 e. The molecule has 4 nitrogen and oxygen atoms in total. The van der Waals surface area contributed by atoms with Crippen LogP contribution in [0, 0.1) is 0 Å². The molecule has 4 heteroatoms. The van der Waals surface area contributed by atoms with E-state index in [9.17, 15) is 0 Å². The number of nitrogens with one attached hydrogen (secondary N) is 1. The van der Waals surface area contributed by atoms with Gasteiger partial charge in [-0.15, -0.1) is 0 Å². The Bertz CT molecular complexity index is 332. The summed E-state index contributed by atoms with van der Waals surface area (Å²) in [5.74, 6) is 0. The van der Waals surface area contributed by atoms with Gasteiger partial charge in [0.2, 0.25) is 0 Å². The number of hydrogen-bond acceptors (Lipinski definition) is 4. The number of rotatable bonds is 2. The maximum absolute atomic E-state index is 6.07. The zero-order valence-electron chi connectivity index (χ0n) is 11.1. The van der Waals surface area contributed by atoms with Gasteiger partial charge >= 0.3 is 0 Å². The molecule has 0 radical (unpaired) electrons. The summed E-state index contributed by atoms with van der Waals surface area (Å²) in [5, 5.41) is 3.23. The van der Waals surface area contributed by atoms with Gasteiger partial charge in [-0.2, -0.15) is 0 Å². The van der Waals surface area contributed by atoms with E-state index in [1.807, 2.05) is 6.20 Å². The van der Waals surface area contributed by atoms with E-state index in [0.29, 0.717) is 12.1 Å². The van der Waals surface area contributed by atoms with Crippen molar-refractivity contribution in [2.75, 3.05) is 27.2 Å². The Morgan fingerprint density at radius 3 is 2.94 bits per heavy atom.